The molecule has 2 unspecified atom stereocenters. The molecule has 0 aromatic heterocycles. The zero-order valence-corrected chi connectivity index (χ0v) is 16.1. The molecule has 1 aromatic carbocycles. The maximum absolute atomic E-state index is 5.85. The van der Waals surface area contributed by atoms with Gasteiger partial charge in [0.05, 0.1) is 20.3 Å². The highest BCUT2D eigenvalue weighted by Gasteiger charge is 2.34. The molecule has 4 rings (SSSR count). The number of benzene rings is 1. The summed E-state index contributed by atoms with van der Waals surface area (Å²) in [6.07, 6.45) is 6.23. The first-order valence-electron chi connectivity index (χ1n) is 10.1. The Balaban J connectivity index is 1.61. The number of anilines is 1. The molecule has 0 amide bonds. The van der Waals surface area contributed by atoms with E-state index >= 15 is 0 Å². The predicted octanol–water partition coefficient (Wildman–Crippen LogP) is 3.50. The molecule has 2 fully saturated rings. The normalized spacial score (nSPS) is 26.8. The van der Waals surface area contributed by atoms with E-state index in [0.717, 1.165) is 45.0 Å². The van der Waals surface area contributed by atoms with Crippen LogP contribution in [-0.2, 0) is 4.74 Å². The van der Waals surface area contributed by atoms with Crippen molar-refractivity contribution in [2.45, 2.75) is 38.0 Å². The molecule has 1 saturated carbocycles. The van der Waals surface area contributed by atoms with Crippen LogP contribution >= 0.6 is 0 Å². The standard InChI is InChI=1S/C21H31N3O2/c1-23-10-9-20(22-23)18-6-4-3-5-17(18)19-8-7-16(15-21(19)25-2)24-11-13-26-14-12-24/h7-8,15,17-18H,3-6,9-14H2,1-2H3. The summed E-state index contributed by atoms with van der Waals surface area (Å²) in [4.78, 5) is 2.39. The predicted molar refractivity (Wildman–Crippen MR) is 105 cm³/mol. The SMILES string of the molecule is COc1cc(N2CCOCC2)ccc1C1CCCCC1C1=NN(C)CC1. The average Bonchev–Trinajstić information content (AvgIpc) is 3.14. The molecule has 2 aliphatic heterocycles. The fourth-order valence-electron chi connectivity index (χ4n) is 4.78. The van der Waals surface area contributed by atoms with Crippen LogP contribution in [0.3, 0.4) is 0 Å². The number of hydrogen-bond donors (Lipinski definition) is 0. The lowest BCUT2D eigenvalue weighted by atomic mass is 9.72. The number of nitrogens with zero attached hydrogens (tertiary/aromatic N) is 3. The maximum atomic E-state index is 5.85. The lowest BCUT2D eigenvalue weighted by Crippen LogP contribution is -2.36. The Hall–Kier alpha value is -1.75. The third-order valence-electron chi connectivity index (χ3n) is 6.18. The van der Waals surface area contributed by atoms with E-state index in [1.807, 2.05) is 0 Å². The Morgan fingerprint density at radius 2 is 1.85 bits per heavy atom. The first-order valence-corrected chi connectivity index (χ1v) is 10.1. The van der Waals surface area contributed by atoms with E-state index in [1.54, 1.807) is 7.11 Å². The minimum Gasteiger partial charge on any atom is -0.496 e. The van der Waals surface area contributed by atoms with E-state index in [2.05, 4.69) is 35.2 Å². The lowest BCUT2D eigenvalue weighted by molar-refractivity contribution is 0.122. The van der Waals surface area contributed by atoms with Crippen LogP contribution in [0.5, 0.6) is 5.75 Å². The fraction of sp³-hybridized carbons (Fsp3) is 0.667. The molecule has 2 atom stereocenters. The van der Waals surface area contributed by atoms with Crippen molar-refractivity contribution < 1.29 is 9.47 Å². The van der Waals surface area contributed by atoms with E-state index in [-0.39, 0.29) is 0 Å². The Morgan fingerprint density at radius 3 is 2.54 bits per heavy atom. The van der Waals surface area contributed by atoms with Crippen LogP contribution < -0.4 is 9.64 Å². The van der Waals surface area contributed by atoms with Crippen molar-refractivity contribution in [3.8, 4) is 5.75 Å². The first-order chi connectivity index (χ1) is 12.8. The van der Waals surface area contributed by atoms with Crippen molar-refractivity contribution in [1.29, 1.82) is 0 Å². The molecule has 142 valence electrons. The number of hydrogen-bond acceptors (Lipinski definition) is 5. The second kappa shape index (κ2) is 7.87. The molecule has 3 aliphatic rings. The molecule has 5 nitrogen and oxygen atoms in total. The summed E-state index contributed by atoms with van der Waals surface area (Å²) in [6.45, 7) is 4.59. The van der Waals surface area contributed by atoms with Gasteiger partial charge in [-0.2, -0.15) is 5.10 Å². The van der Waals surface area contributed by atoms with Crippen molar-refractivity contribution in [3.05, 3.63) is 23.8 Å². The summed E-state index contributed by atoms with van der Waals surface area (Å²) < 4.78 is 11.3. The van der Waals surface area contributed by atoms with Gasteiger partial charge in [0.25, 0.3) is 0 Å². The number of rotatable bonds is 4. The molecule has 1 aromatic rings. The van der Waals surface area contributed by atoms with Gasteiger partial charge in [-0.05, 0) is 30.4 Å². The topological polar surface area (TPSA) is 37.3 Å². The van der Waals surface area contributed by atoms with Gasteiger partial charge in [0.1, 0.15) is 5.75 Å². The van der Waals surface area contributed by atoms with E-state index in [0.29, 0.717) is 11.8 Å². The van der Waals surface area contributed by atoms with Crippen LogP contribution in [0.4, 0.5) is 5.69 Å². The molecule has 26 heavy (non-hydrogen) atoms. The van der Waals surface area contributed by atoms with Gasteiger partial charge in [0, 0.05) is 56.5 Å². The van der Waals surface area contributed by atoms with Gasteiger partial charge >= 0.3 is 0 Å². The molecule has 2 heterocycles. The number of morpholine rings is 1. The monoisotopic (exact) mass is 357 g/mol. The molecule has 1 aliphatic carbocycles. The van der Waals surface area contributed by atoms with Crippen LogP contribution in [0, 0.1) is 5.92 Å². The summed E-state index contributed by atoms with van der Waals surface area (Å²) in [6, 6.07) is 6.82. The van der Waals surface area contributed by atoms with Gasteiger partial charge in [-0.25, -0.2) is 0 Å². The smallest absolute Gasteiger partial charge is 0.124 e. The van der Waals surface area contributed by atoms with E-state index in [9.17, 15) is 0 Å². The molecule has 0 bridgehead atoms. The van der Waals surface area contributed by atoms with Crippen molar-refractivity contribution in [2.24, 2.45) is 11.0 Å². The minimum absolute atomic E-state index is 0.530. The van der Waals surface area contributed by atoms with Crippen molar-refractivity contribution in [2.75, 3.05) is 51.9 Å². The van der Waals surface area contributed by atoms with Crippen LogP contribution in [0.2, 0.25) is 0 Å². The van der Waals surface area contributed by atoms with Gasteiger partial charge in [0.2, 0.25) is 0 Å². The van der Waals surface area contributed by atoms with E-state index < -0.39 is 0 Å². The largest absolute Gasteiger partial charge is 0.496 e. The second-order valence-electron chi connectivity index (χ2n) is 7.75. The number of ether oxygens (including phenoxy) is 2. The van der Waals surface area contributed by atoms with Crippen molar-refractivity contribution in [1.82, 2.24) is 5.01 Å². The third-order valence-corrected chi connectivity index (χ3v) is 6.18. The fourth-order valence-corrected chi connectivity index (χ4v) is 4.78. The highest BCUT2D eigenvalue weighted by atomic mass is 16.5. The van der Waals surface area contributed by atoms with E-state index in [4.69, 9.17) is 14.6 Å². The summed E-state index contributed by atoms with van der Waals surface area (Å²) in [5.74, 6) is 2.14. The highest BCUT2D eigenvalue weighted by Crippen LogP contribution is 2.44. The minimum atomic E-state index is 0.530. The molecule has 1 saturated heterocycles. The van der Waals surface area contributed by atoms with Gasteiger partial charge < -0.3 is 14.4 Å². The molecule has 0 spiro atoms. The molecule has 0 N–H and O–H groups in total. The zero-order chi connectivity index (χ0) is 17.9. The summed E-state index contributed by atoms with van der Waals surface area (Å²) >= 11 is 0. The van der Waals surface area contributed by atoms with Crippen LogP contribution in [0.15, 0.2) is 23.3 Å². The second-order valence-corrected chi connectivity index (χ2v) is 7.75. The molecular weight excluding hydrogens is 326 g/mol. The number of methoxy groups -OCH3 is 1. The molecular formula is C21H31N3O2. The van der Waals surface area contributed by atoms with Crippen LogP contribution in [0.25, 0.3) is 0 Å². The zero-order valence-electron chi connectivity index (χ0n) is 16.1. The van der Waals surface area contributed by atoms with Crippen molar-refractivity contribution in [3.63, 3.8) is 0 Å². The highest BCUT2D eigenvalue weighted by molar-refractivity contribution is 5.89. The van der Waals surface area contributed by atoms with Crippen LogP contribution in [-0.4, -0.2) is 57.7 Å². The van der Waals surface area contributed by atoms with Gasteiger partial charge in [-0.15, -0.1) is 0 Å². The quantitative estimate of drug-likeness (QED) is 0.827. The maximum Gasteiger partial charge on any atom is 0.124 e. The van der Waals surface area contributed by atoms with E-state index in [1.165, 1.54) is 42.6 Å². The Kier molecular flexibility index (Phi) is 5.34. The average molecular weight is 357 g/mol. The molecule has 5 heteroatoms. The van der Waals surface area contributed by atoms with Gasteiger partial charge in [-0.3, -0.25) is 5.01 Å². The van der Waals surface area contributed by atoms with Crippen molar-refractivity contribution >= 4 is 11.4 Å². The van der Waals surface area contributed by atoms with Gasteiger partial charge in [-0.1, -0.05) is 18.9 Å². The number of hydrazone groups is 1. The van der Waals surface area contributed by atoms with Crippen LogP contribution in [0.1, 0.15) is 43.6 Å². The van der Waals surface area contributed by atoms with Gasteiger partial charge in [0.15, 0.2) is 0 Å². The Bertz CT molecular complexity index is 655. The first kappa shape index (κ1) is 17.7. The third kappa shape index (κ3) is 3.54. The summed E-state index contributed by atoms with van der Waals surface area (Å²) in [7, 11) is 3.89. The Morgan fingerprint density at radius 1 is 1.08 bits per heavy atom. The molecule has 0 radical (unpaired) electrons. The summed E-state index contributed by atoms with van der Waals surface area (Å²) in [5.41, 5.74) is 4.02. The Labute approximate surface area is 157 Å². The summed E-state index contributed by atoms with van der Waals surface area (Å²) in [5, 5.41) is 6.92. The lowest BCUT2D eigenvalue weighted by Gasteiger charge is -2.34.